The third kappa shape index (κ3) is 4.69. The molecule has 0 aromatic heterocycles. The van der Waals surface area contributed by atoms with Gasteiger partial charge in [0, 0.05) is 10.2 Å². The number of halogens is 1. The van der Waals surface area contributed by atoms with Gasteiger partial charge in [-0.25, -0.2) is 0 Å². The number of hydrogen-bond donors (Lipinski definition) is 2. The number of nitrogens with two attached hydrogens (primary N) is 1. The summed E-state index contributed by atoms with van der Waals surface area (Å²) in [5.74, 6) is 0.765. The molecule has 0 saturated heterocycles. The van der Waals surface area contributed by atoms with Gasteiger partial charge in [0.25, 0.3) is 0 Å². The lowest BCUT2D eigenvalue weighted by molar-refractivity contribution is -0.117. The Morgan fingerprint density at radius 3 is 2.88 bits per heavy atom. The molecular weight excluding hydrogens is 300 g/mol. The van der Waals surface area contributed by atoms with Crippen molar-refractivity contribution in [2.75, 3.05) is 17.3 Å². The number of benzene rings is 1. The molecule has 0 aliphatic heterocycles. The molecule has 1 rings (SSSR count). The highest BCUT2D eigenvalue weighted by atomic mass is 79.9. The highest BCUT2D eigenvalue weighted by molar-refractivity contribution is 9.10. The molecule has 0 unspecified atom stereocenters. The molecule has 1 amide bonds. The summed E-state index contributed by atoms with van der Waals surface area (Å²) in [6.07, 6.45) is 2.70. The molecule has 0 heterocycles. The normalized spacial score (nSPS) is 12.2. The zero-order valence-corrected chi connectivity index (χ0v) is 12.4. The summed E-state index contributed by atoms with van der Waals surface area (Å²) in [4.78, 5) is 11.8. The molecule has 0 fully saturated rings. The van der Waals surface area contributed by atoms with Gasteiger partial charge in [-0.3, -0.25) is 4.79 Å². The summed E-state index contributed by atoms with van der Waals surface area (Å²) >= 11 is 5.12. The van der Waals surface area contributed by atoms with Crippen LogP contribution in [0.2, 0.25) is 0 Å². The van der Waals surface area contributed by atoms with E-state index in [0.717, 1.165) is 21.5 Å². The second-order valence-corrected chi connectivity index (χ2v) is 5.68. The molecule has 3 N–H and O–H groups in total. The van der Waals surface area contributed by atoms with Gasteiger partial charge in [-0.05, 0) is 43.0 Å². The Labute approximate surface area is 115 Å². The van der Waals surface area contributed by atoms with Crippen molar-refractivity contribution in [3.8, 4) is 0 Å². The molecule has 0 spiro atoms. The minimum Gasteiger partial charge on any atom is -0.325 e. The average molecular weight is 317 g/mol. The first-order chi connectivity index (χ1) is 8.04. The van der Waals surface area contributed by atoms with E-state index in [9.17, 15) is 4.79 Å². The molecule has 0 aliphatic carbocycles. The van der Waals surface area contributed by atoms with E-state index in [1.165, 1.54) is 0 Å². The van der Waals surface area contributed by atoms with E-state index < -0.39 is 6.04 Å². The van der Waals surface area contributed by atoms with Gasteiger partial charge in [0.05, 0.1) is 6.04 Å². The van der Waals surface area contributed by atoms with Gasteiger partial charge in [-0.2, -0.15) is 11.8 Å². The van der Waals surface area contributed by atoms with Crippen LogP contribution in [0.4, 0.5) is 5.69 Å². The third-order valence-corrected chi connectivity index (χ3v) is 3.91. The molecule has 5 heteroatoms. The van der Waals surface area contributed by atoms with Gasteiger partial charge in [-0.1, -0.05) is 22.0 Å². The van der Waals surface area contributed by atoms with Crippen LogP contribution in [0.3, 0.4) is 0 Å². The highest BCUT2D eigenvalue weighted by Crippen LogP contribution is 2.20. The fraction of sp³-hybridized carbons (Fsp3) is 0.417. The summed E-state index contributed by atoms with van der Waals surface area (Å²) in [5.41, 5.74) is 7.69. The number of anilines is 1. The number of carbonyl (C=O) groups excluding carboxylic acids is 1. The van der Waals surface area contributed by atoms with Crippen LogP contribution in [0.25, 0.3) is 0 Å². The van der Waals surface area contributed by atoms with E-state index >= 15 is 0 Å². The lowest BCUT2D eigenvalue weighted by Gasteiger charge is -2.12. The van der Waals surface area contributed by atoms with E-state index in [1.807, 2.05) is 31.4 Å². The van der Waals surface area contributed by atoms with Gasteiger partial charge in [0.15, 0.2) is 0 Å². The quantitative estimate of drug-likeness (QED) is 0.878. The van der Waals surface area contributed by atoms with Gasteiger partial charge in [0.2, 0.25) is 5.91 Å². The summed E-state index contributed by atoms with van der Waals surface area (Å²) in [7, 11) is 0. The van der Waals surface area contributed by atoms with Crippen molar-refractivity contribution in [2.24, 2.45) is 5.73 Å². The molecule has 3 nitrogen and oxygen atoms in total. The maximum absolute atomic E-state index is 11.8. The largest absolute Gasteiger partial charge is 0.325 e. The zero-order valence-electron chi connectivity index (χ0n) is 10.00. The van der Waals surface area contributed by atoms with Crippen LogP contribution in [0.5, 0.6) is 0 Å². The monoisotopic (exact) mass is 316 g/mol. The maximum Gasteiger partial charge on any atom is 0.241 e. The predicted molar refractivity (Wildman–Crippen MR) is 78.5 cm³/mol. The highest BCUT2D eigenvalue weighted by Gasteiger charge is 2.13. The van der Waals surface area contributed by atoms with Crippen LogP contribution in [-0.4, -0.2) is 24.0 Å². The lowest BCUT2D eigenvalue weighted by Crippen LogP contribution is -2.36. The van der Waals surface area contributed by atoms with Crippen molar-refractivity contribution in [1.29, 1.82) is 0 Å². The average Bonchev–Trinajstić information content (AvgIpc) is 2.30. The van der Waals surface area contributed by atoms with E-state index in [4.69, 9.17) is 5.73 Å². The third-order valence-electron chi connectivity index (χ3n) is 2.41. The standard InChI is InChI=1S/C12H17BrN2OS/c1-8-3-4-9(7-10(8)13)15-12(16)11(14)5-6-17-2/h3-4,7,11H,5-6,14H2,1-2H3,(H,15,16)/t11-/m1/s1. The molecule has 1 aromatic carbocycles. The van der Waals surface area contributed by atoms with Crippen LogP contribution in [0.15, 0.2) is 22.7 Å². The Balaban J connectivity index is 2.58. The first-order valence-corrected chi connectivity index (χ1v) is 7.55. The molecule has 1 atom stereocenters. The van der Waals surface area contributed by atoms with Gasteiger partial charge < -0.3 is 11.1 Å². The molecule has 17 heavy (non-hydrogen) atoms. The molecule has 0 radical (unpaired) electrons. The molecule has 94 valence electrons. The number of rotatable bonds is 5. The Morgan fingerprint density at radius 2 is 2.29 bits per heavy atom. The lowest BCUT2D eigenvalue weighted by atomic mass is 10.2. The number of nitrogens with one attached hydrogen (secondary N) is 1. The summed E-state index contributed by atoms with van der Waals surface area (Å²) in [6.45, 7) is 2.00. The number of amides is 1. The van der Waals surface area contributed by atoms with Crippen LogP contribution in [-0.2, 0) is 4.79 Å². The first kappa shape index (κ1) is 14.5. The van der Waals surface area contributed by atoms with Crippen molar-refractivity contribution in [2.45, 2.75) is 19.4 Å². The van der Waals surface area contributed by atoms with Crippen LogP contribution in [0.1, 0.15) is 12.0 Å². The number of thioether (sulfide) groups is 1. The molecule has 1 aromatic rings. The number of aryl methyl sites for hydroxylation is 1. The van der Waals surface area contributed by atoms with Crippen molar-refractivity contribution in [3.63, 3.8) is 0 Å². The van der Waals surface area contributed by atoms with E-state index in [2.05, 4.69) is 21.2 Å². The molecular formula is C12H17BrN2OS. The molecule has 0 saturated carbocycles. The van der Waals surface area contributed by atoms with E-state index in [-0.39, 0.29) is 5.91 Å². The first-order valence-electron chi connectivity index (χ1n) is 5.36. The number of carbonyl (C=O) groups is 1. The summed E-state index contributed by atoms with van der Waals surface area (Å²) < 4.78 is 0.980. The minimum atomic E-state index is -0.442. The van der Waals surface area contributed by atoms with Gasteiger partial charge in [-0.15, -0.1) is 0 Å². The maximum atomic E-state index is 11.8. The predicted octanol–water partition coefficient (Wildman–Crippen LogP) is 2.78. The molecule has 0 aliphatic rings. The Hall–Kier alpha value is -0.520. The Kier molecular flexibility index (Phi) is 6.02. The smallest absolute Gasteiger partial charge is 0.241 e. The van der Waals surface area contributed by atoms with Crippen LogP contribution in [0, 0.1) is 6.92 Å². The van der Waals surface area contributed by atoms with Crippen molar-refractivity contribution < 1.29 is 4.79 Å². The summed E-state index contributed by atoms with van der Waals surface area (Å²) in [6, 6.07) is 5.27. The van der Waals surface area contributed by atoms with Gasteiger partial charge >= 0.3 is 0 Å². The van der Waals surface area contributed by atoms with Crippen LogP contribution >= 0.6 is 27.7 Å². The zero-order chi connectivity index (χ0) is 12.8. The van der Waals surface area contributed by atoms with Crippen molar-refractivity contribution >= 4 is 39.3 Å². The molecule has 0 bridgehead atoms. The fourth-order valence-corrected chi connectivity index (χ4v) is 2.15. The Bertz CT molecular complexity index is 398. The SMILES string of the molecule is CSCC[C@@H](N)C(=O)Nc1ccc(C)c(Br)c1. The second-order valence-electron chi connectivity index (χ2n) is 3.84. The van der Waals surface area contributed by atoms with Crippen molar-refractivity contribution in [3.05, 3.63) is 28.2 Å². The Morgan fingerprint density at radius 1 is 1.59 bits per heavy atom. The van der Waals surface area contributed by atoms with E-state index in [1.54, 1.807) is 11.8 Å². The second kappa shape index (κ2) is 7.03. The van der Waals surface area contributed by atoms with Crippen molar-refractivity contribution in [1.82, 2.24) is 0 Å². The van der Waals surface area contributed by atoms with Crippen LogP contribution < -0.4 is 11.1 Å². The minimum absolute atomic E-state index is 0.130. The number of hydrogen-bond acceptors (Lipinski definition) is 3. The van der Waals surface area contributed by atoms with E-state index in [0.29, 0.717) is 6.42 Å². The fourth-order valence-electron chi connectivity index (χ4n) is 1.28. The summed E-state index contributed by atoms with van der Waals surface area (Å²) in [5, 5.41) is 2.82. The van der Waals surface area contributed by atoms with Gasteiger partial charge in [0.1, 0.15) is 0 Å². The topological polar surface area (TPSA) is 55.1 Å².